The van der Waals surface area contributed by atoms with E-state index in [-0.39, 0.29) is 0 Å². The number of carbonyl (C=O) groups excluding carboxylic acids is 1. The van der Waals surface area contributed by atoms with Crippen LogP contribution in [0.25, 0.3) is 6.08 Å². The summed E-state index contributed by atoms with van der Waals surface area (Å²) in [6.07, 6.45) is 4.59. The summed E-state index contributed by atoms with van der Waals surface area (Å²) in [5.41, 5.74) is 1.64. The van der Waals surface area contributed by atoms with Crippen LogP contribution in [-0.2, 0) is 9.53 Å². The molecule has 6 nitrogen and oxygen atoms in total. The smallest absolute Gasteiger partial charge is 0.330 e. The van der Waals surface area contributed by atoms with E-state index in [9.17, 15) is 4.79 Å². The third-order valence-corrected chi connectivity index (χ3v) is 4.18. The highest BCUT2D eigenvalue weighted by Crippen LogP contribution is 2.32. The molecule has 2 heterocycles. The Morgan fingerprint density at radius 3 is 2.77 bits per heavy atom. The zero-order valence-electron chi connectivity index (χ0n) is 14.3. The number of anilines is 2. The van der Waals surface area contributed by atoms with Gasteiger partial charge in [0.15, 0.2) is 16.7 Å². The molecule has 1 N–H and O–H groups in total. The lowest BCUT2D eigenvalue weighted by Crippen LogP contribution is -1.98. The lowest BCUT2D eigenvalue weighted by molar-refractivity contribution is -0.134. The number of hydrogen-bond donors (Lipinski definition) is 1. The standard InChI is InChI=1S/C19H17N3O3S/c1-13-12-26-19(21-13)22-18-16(25-15-6-4-3-5-7-15)10-14(11-20-18)8-9-17(23)24-2/h3-12H,1-2H3,(H,20,21,22). The SMILES string of the molecule is COC(=O)C=Cc1cnc(Nc2nc(C)cs2)c(Oc2ccccc2)c1. The first kappa shape index (κ1) is 17.6. The van der Waals surface area contributed by atoms with E-state index in [4.69, 9.17) is 4.74 Å². The van der Waals surface area contributed by atoms with E-state index < -0.39 is 5.97 Å². The number of ether oxygens (including phenoxy) is 2. The number of esters is 1. The van der Waals surface area contributed by atoms with Crippen LogP contribution in [-0.4, -0.2) is 23.0 Å². The number of para-hydroxylation sites is 1. The van der Waals surface area contributed by atoms with E-state index in [0.29, 0.717) is 22.9 Å². The van der Waals surface area contributed by atoms with Gasteiger partial charge in [0.25, 0.3) is 0 Å². The molecule has 0 fully saturated rings. The van der Waals surface area contributed by atoms with Crippen molar-refractivity contribution in [1.82, 2.24) is 9.97 Å². The van der Waals surface area contributed by atoms with Gasteiger partial charge in [-0.1, -0.05) is 18.2 Å². The van der Waals surface area contributed by atoms with Crippen molar-refractivity contribution in [3.8, 4) is 11.5 Å². The average Bonchev–Trinajstić information content (AvgIpc) is 3.07. The number of rotatable bonds is 6. The summed E-state index contributed by atoms with van der Waals surface area (Å²) in [6, 6.07) is 11.2. The monoisotopic (exact) mass is 367 g/mol. The third kappa shape index (κ3) is 4.67. The second-order valence-corrected chi connectivity index (χ2v) is 6.16. The molecule has 0 amide bonds. The Bertz CT molecular complexity index is 923. The Kier molecular flexibility index (Phi) is 5.60. The number of benzene rings is 1. The lowest BCUT2D eigenvalue weighted by Gasteiger charge is -2.11. The fourth-order valence-electron chi connectivity index (χ4n) is 2.08. The summed E-state index contributed by atoms with van der Waals surface area (Å²) in [6.45, 7) is 1.93. The Labute approximate surface area is 155 Å². The molecule has 3 rings (SSSR count). The first-order valence-corrected chi connectivity index (χ1v) is 8.70. The number of aromatic nitrogens is 2. The number of carbonyl (C=O) groups is 1. The van der Waals surface area contributed by atoms with Crippen LogP contribution in [0.1, 0.15) is 11.3 Å². The maximum Gasteiger partial charge on any atom is 0.330 e. The number of nitrogens with one attached hydrogen (secondary N) is 1. The molecule has 0 radical (unpaired) electrons. The number of aryl methyl sites for hydroxylation is 1. The molecule has 3 aromatic rings. The zero-order valence-corrected chi connectivity index (χ0v) is 15.1. The van der Waals surface area contributed by atoms with E-state index in [1.807, 2.05) is 42.6 Å². The van der Waals surface area contributed by atoms with Crippen LogP contribution < -0.4 is 10.1 Å². The van der Waals surface area contributed by atoms with Crippen molar-refractivity contribution in [3.63, 3.8) is 0 Å². The molecule has 0 saturated carbocycles. The topological polar surface area (TPSA) is 73.3 Å². The minimum atomic E-state index is -0.434. The largest absolute Gasteiger partial charge is 0.466 e. The molecule has 26 heavy (non-hydrogen) atoms. The van der Waals surface area contributed by atoms with Crippen molar-refractivity contribution in [3.05, 3.63) is 65.3 Å². The minimum absolute atomic E-state index is 0.434. The van der Waals surface area contributed by atoms with Crippen molar-refractivity contribution in [2.75, 3.05) is 12.4 Å². The van der Waals surface area contributed by atoms with E-state index in [0.717, 1.165) is 10.8 Å². The maximum atomic E-state index is 11.3. The first-order valence-electron chi connectivity index (χ1n) is 7.82. The second-order valence-electron chi connectivity index (χ2n) is 5.31. The fraction of sp³-hybridized carbons (Fsp3) is 0.105. The predicted octanol–water partition coefficient (Wildman–Crippen LogP) is 4.57. The first-order chi connectivity index (χ1) is 12.6. The molecule has 0 spiro atoms. The van der Waals surface area contributed by atoms with Gasteiger partial charge in [-0.2, -0.15) is 0 Å². The summed E-state index contributed by atoms with van der Waals surface area (Å²) >= 11 is 1.49. The molecule has 2 aromatic heterocycles. The van der Waals surface area contributed by atoms with E-state index in [2.05, 4.69) is 20.0 Å². The van der Waals surface area contributed by atoms with Crippen molar-refractivity contribution in [2.45, 2.75) is 6.92 Å². The van der Waals surface area contributed by atoms with Gasteiger partial charge in [-0.05, 0) is 36.8 Å². The molecule has 0 aliphatic carbocycles. The lowest BCUT2D eigenvalue weighted by atomic mass is 10.2. The second kappa shape index (κ2) is 8.26. The van der Waals surface area contributed by atoms with Gasteiger partial charge < -0.3 is 14.8 Å². The van der Waals surface area contributed by atoms with E-state index in [1.165, 1.54) is 24.5 Å². The number of nitrogens with zero attached hydrogens (tertiary/aromatic N) is 2. The molecular formula is C19H17N3O3S. The fourth-order valence-corrected chi connectivity index (χ4v) is 2.77. The average molecular weight is 367 g/mol. The summed E-state index contributed by atoms with van der Waals surface area (Å²) in [7, 11) is 1.33. The van der Waals surface area contributed by atoms with E-state index in [1.54, 1.807) is 18.3 Å². The van der Waals surface area contributed by atoms with E-state index >= 15 is 0 Å². The van der Waals surface area contributed by atoms with Crippen LogP contribution >= 0.6 is 11.3 Å². The third-order valence-electron chi connectivity index (χ3n) is 3.30. The number of methoxy groups -OCH3 is 1. The van der Waals surface area contributed by atoms with Gasteiger partial charge in [0.1, 0.15) is 5.75 Å². The molecular weight excluding hydrogens is 350 g/mol. The number of pyridine rings is 1. The highest BCUT2D eigenvalue weighted by molar-refractivity contribution is 7.13. The van der Waals surface area contributed by atoms with Gasteiger partial charge in [-0.25, -0.2) is 14.8 Å². The molecule has 0 aliphatic heterocycles. The van der Waals surface area contributed by atoms with Crippen LogP contribution in [0.4, 0.5) is 10.9 Å². The van der Waals surface area contributed by atoms with Gasteiger partial charge in [0.2, 0.25) is 0 Å². The van der Waals surface area contributed by atoms with Crippen LogP contribution in [0.3, 0.4) is 0 Å². The van der Waals surface area contributed by atoms with Crippen molar-refractivity contribution in [2.24, 2.45) is 0 Å². The minimum Gasteiger partial charge on any atom is -0.466 e. The van der Waals surface area contributed by atoms with Crippen molar-refractivity contribution in [1.29, 1.82) is 0 Å². The van der Waals surface area contributed by atoms with Gasteiger partial charge in [0.05, 0.1) is 12.8 Å². The maximum absolute atomic E-state index is 11.3. The molecule has 0 aliphatic rings. The number of hydrogen-bond acceptors (Lipinski definition) is 7. The highest BCUT2D eigenvalue weighted by atomic mass is 32.1. The summed E-state index contributed by atoms with van der Waals surface area (Å²) in [5, 5.41) is 5.85. The molecule has 0 saturated heterocycles. The molecule has 0 unspecified atom stereocenters. The van der Waals surface area contributed by atoms with Crippen molar-refractivity contribution >= 4 is 34.3 Å². The van der Waals surface area contributed by atoms with Gasteiger partial charge in [0, 0.05) is 17.7 Å². The Balaban J connectivity index is 1.91. The molecule has 0 bridgehead atoms. The predicted molar refractivity (Wildman–Crippen MR) is 102 cm³/mol. The van der Waals surface area contributed by atoms with Crippen LogP contribution in [0.5, 0.6) is 11.5 Å². The molecule has 132 valence electrons. The van der Waals surface area contributed by atoms with Crippen LogP contribution in [0.2, 0.25) is 0 Å². The summed E-state index contributed by atoms with van der Waals surface area (Å²) in [5.74, 6) is 1.31. The van der Waals surface area contributed by atoms with Gasteiger partial charge in [-0.3, -0.25) is 0 Å². The number of thiazole rings is 1. The molecule has 1 aromatic carbocycles. The summed E-state index contributed by atoms with van der Waals surface area (Å²) in [4.78, 5) is 20.1. The van der Waals surface area contributed by atoms with Gasteiger partial charge >= 0.3 is 5.97 Å². The zero-order chi connectivity index (χ0) is 18.4. The highest BCUT2D eigenvalue weighted by Gasteiger charge is 2.10. The van der Waals surface area contributed by atoms with Crippen molar-refractivity contribution < 1.29 is 14.3 Å². The molecule has 7 heteroatoms. The molecule has 0 atom stereocenters. The quantitative estimate of drug-likeness (QED) is 0.508. The Morgan fingerprint density at radius 2 is 2.08 bits per heavy atom. The van der Waals surface area contributed by atoms with Crippen LogP contribution in [0, 0.1) is 6.92 Å². The summed E-state index contributed by atoms with van der Waals surface area (Å²) < 4.78 is 10.6. The van der Waals surface area contributed by atoms with Gasteiger partial charge in [-0.15, -0.1) is 11.3 Å². The Morgan fingerprint density at radius 1 is 1.27 bits per heavy atom. The van der Waals surface area contributed by atoms with Crippen LogP contribution in [0.15, 0.2) is 54.1 Å². The normalized spacial score (nSPS) is 10.7. The Hall–Kier alpha value is -3.19.